The van der Waals surface area contributed by atoms with Gasteiger partial charge in [0.15, 0.2) is 8.32 Å². The van der Waals surface area contributed by atoms with Gasteiger partial charge < -0.3 is 9.16 Å². The number of ether oxygens (including phenoxy) is 1. The SMILES string of the molecule is CCCCCCC/C=C/C=C(C)/C=C/[C@H]1C[C@@H](O[Si](C)(C)C(C)(C)C)C[C@@H]1OC(=O)CI. The molecule has 0 saturated heterocycles. The lowest BCUT2D eigenvalue weighted by molar-refractivity contribution is -0.146. The maximum Gasteiger partial charge on any atom is 0.316 e. The highest BCUT2D eigenvalue weighted by Crippen LogP contribution is 2.41. The number of allylic oxidation sites excluding steroid dienone is 5. The Labute approximate surface area is 212 Å². The van der Waals surface area contributed by atoms with E-state index in [1.165, 1.54) is 37.7 Å². The van der Waals surface area contributed by atoms with E-state index in [0.717, 1.165) is 19.3 Å². The predicted octanol–water partition coefficient (Wildman–Crippen LogP) is 8.55. The molecule has 5 heteroatoms. The lowest BCUT2D eigenvalue weighted by atomic mass is 10.0. The van der Waals surface area contributed by atoms with Gasteiger partial charge in [-0.2, -0.15) is 0 Å². The third kappa shape index (κ3) is 11.1. The van der Waals surface area contributed by atoms with Crippen LogP contribution in [-0.4, -0.2) is 30.9 Å². The number of carbonyl (C=O) groups excluding carboxylic acids is 1. The summed E-state index contributed by atoms with van der Waals surface area (Å²) >= 11 is 2.07. The smallest absolute Gasteiger partial charge is 0.316 e. The molecule has 0 amide bonds. The average Bonchev–Trinajstić information content (AvgIpc) is 3.07. The quantitative estimate of drug-likeness (QED) is 0.0552. The minimum atomic E-state index is -1.85. The van der Waals surface area contributed by atoms with E-state index < -0.39 is 8.32 Å². The molecule has 0 unspecified atom stereocenters. The monoisotopic (exact) mass is 574 g/mol. The third-order valence-electron chi connectivity index (χ3n) is 6.74. The number of unbranched alkanes of at least 4 members (excludes halogenated alkanes) is 5. The van der Waals surface area contributed by atoms with E-state index in [1.54, 1.807) is 0 Å². The zero-order valence-corrected chi connectivity index (χ0v) is 24.7. The molecular formula is C27H47IO3Si. The van der Waals surface area contributed by atoms with Crippen molar-refractivity contribution in [3.05, 3.63) is 36.0 Å². The molecule has 1 aliphatic carbocycles. The van der Waals surface area contributed by atoms with Gasteiger partial charge in [0, 0.05) is 18.4 Å². The topological polar surface area (TPSA) is 35.5 Å². The summed E-state index contributed by atoms with van der Waals surface area (Å²) in [6.07, 6.45) is 20.6. The first-order valence-electron chi connectivity index (χ1n) is 12.4. The first-order chi connectivity index (χ1) is 15.0. The van der Waals surface area contributed by atoms with Gasteiger partial charge in [0.25, 0.3) is 0 Å². The summed E-state index contributed by atoms with van der Waals surface area (Å²) in [6, 6.07) is 0. The van der Waals surface area contributed by atoms with Gasteiger partial charge in [-0.05, 0) is 44.3 Å². The number of esters is 1. The minimum absolute atomic E-state index is 0.0882. The van der Waals surface area contributed by atoms with Gasteiger partial charge in [0.2, 0.25) is 0 Å². The zero-order valence-electron chi connectivity index (χ0n) is 21.6. The molecule has 1 saturated carbocycles. The second-order valence-electron chi connectivity index (χ2n) is 10.7. The van der Waals surface area contributed by atoms with Crippen molar-refractivity contribution >= 4 is 36.9 Å². The summed E-state index contributed by atoms with van der Waals surface area (Å²) in [5.74, 6) is 0.0821. The Kier molecular flexibility index (Phi) is 13.7. The number of alkyl halides is 1. The molecule has 1 rings (SSSR count). The molecule has 0 aromatic rings. The summed E-state index contributed by atoms with van der Waals surface area (Å²) < 4.78 is 12.8. The van der Waals surface area contributed by atoms with Crippen molar-refractivity contribution in [3.63, 3.8) is 0 Å². The molecule has 1 fully saturated rings. The molecule has 0 radical (unpaired) electrons. The Balaban J connectivity index is 2.68. The first-order valence-corrected chi connectivity index (χ1v) is 16.9. The third-order valence-corrected chi connectivity index (χ3v) is 11.9. The summed E-state index contributed by atoms with van der Waals surface area (Å²) in [7, 11) is -1.85. The summed E-state index contributed by atoms with van der Waals surface area (Å²) in [5, 5.41) is 0.178. The van der Waals surface area contributed by atoms with Gasteiger partial charge >= 0.3 is 5.97 Å². The Morgan fingerprint density at radius 2 is 1.81 bits per heavy atom. The molecule has 184 valence electrons. The molecular weight excluding hydrogens is 527 g/mol. The van der Waals surface area contributed by atoms with Gasteiger partial charge in [-0.3, -0.25) is 4.79 Å². The average molecular weight is 575 g/mol. The van der Waals surface area contributed by atoms with Gasteiger partial charge in [-0.1, -0.05) is 112 Å². The standard InChI is InChI=1S/C27H47IO3Si/c1-8-9-10-11-12-13-14-15-16-22(2)17-18-23-19-24(20-25(23)30-26(29)21-28)31-32(6,7)27(3,4)5/h14-18,23-25H,8-13,19-21H2,1-7H3/b15-14+,18-17+,22-16+/t23-,24+,25-/m0/s1. The largest absolute Gasteiger partial charge is 0.461 e. The fourth-order valence-corrected chi connectivity index (χ4v) is 5.29. The molecule has 0 heterocycles. The van der Waals surface area contributed by atoms with Crippen LogP contribution in [0.15, 0.2) is 36.0 Å². The van der Waals surface area contributed by atoms with Gasteiger partial charge in [0.05, 0.1) is 4.43 Å². The first kappa shape index (κ1) is 29.6. The summed E-state index contributed by atoms with van der Waals surface area (Å²) in [6.45, 7) is 15.8. The number of hydrogen-bond acceptors (Lipinski definition) is 3. The molecule has 0 aromatic heterocycles. The molecule has 1 aliphatic rings. The second-order valence-corrected chi connectivity index (χ2v) is 16.2. The van der Waals surface area contributed by atoms with E-state index in [4.69, 9.17) is 9.16 Å². The van der Waals surface area contributed by atoms with Crippen LogP contribution in [0.5, 0.6) is 0 Å². The predicted molar refractivity (Wildman–Crippen MR) is 149 cm³/mol. The van der Waals surface area contributed by atoms with E-state index in [2.05, 4.69) is 101 Å². The lowest BCUT2D eigenvalue weighted by Gasteiger charge is -2.38. The normalized spacial score (nSPS) is 22.9. The molecule has 3 nitrogen and oxygen atoms in total. The van der Waals surface area contributed by atoms with Crippen molar-refractivity contribution in [2.24, 2.45) is 5.92 Å². The molecule has 0 bridgehead atoms. The van der Waals surface area contributed by atoms with Crippen molar-refractivity contribution in [2.75, 3.05) is 4.43 Å². The Morgan fingerprint density at radius 1 is 1.12 bits per heavy atom. The maximum atomic E-state index is 12.0. The van der Waals surface area contributed by atoms with Crippen molar-refractivity contribution in [2.45, 2.75) is 116 Å². The second kappa shape index (κ2) is 14.8. The lowest BCUT2D eigenvalue weighted by Crippen LogP contribution is -2.43. The van der Waals surface area contributed by atoms with Crippen LogP contribution in [0.3, 0.4) is 0 Å². The Hall–Kier alpha value is -0.403. The van der Waals surface area contributed by atoms with Crippen LogP contribution in [0.25, 0.3) is 0 Å². The van der Waals surface area contributed by atoms with Crippen molar-refractivity contribution in [3.8, 4) is 0 Å². The van der Waals surface area contributed by atoms with Gasteiger partial charge in [-0.15, -0.1) is 0 Å². The number of halogens is 1. The Bertz CT molecular complexity index is 646. The number of rotatable bonds is 13. The van der Waals surface area contributed by atoms with E-state index in [-0.39, 0.29) is 29.1 Å². The van der Waals surface area contributed by atoms with Crippen LogP contribution in [-0.2, 0) is 14.0 Å². The van der Waals surface area contributed by atoms with Crippen molar-refractivity contribution < 1.29 is 14.0 Å². The number of carbonyl (C=O) groups is 1. The van der Waals surface area contributed by atoms with Crippen LogP contribution in [0.4, 0.5) is 0 Å². The van der Waals surface area contributed by atoms with Crippen LogP contribution in [0.2, 0.25) is 18.1 Å². The fourth-order valence-electron chi connectivity index (χ4n) is 3.73. The van der Waals surface area contributed by atoms with Crippen LogP contribution in [0.1, 0.15) is 86.0 Å². The van der Waals surface area contributed by atoms with E-state index in [9.17, 15) is 4.79 Å². The highest BCUT2D eigenvalue weighted by Gasteiger charge is 2.43. The number of hydrogen-bond donors (Lipinski definition) is 0. The summed E-state index contributed by atoms with van der Waals surface area (Å²) in [5.41, 5.74) is 1.22. The Morgan fingerprint density at radius 3 is 2.44 bits per heavy atom. The van der Waals surface area contributed by atoms with Crippen molar-refractivity contribution in [1.29, 1.82) is 0 Å². The van der Waals surface area contributed by atoms with Gasteiger partial charge in [0.1, 0.15) is 6.10 Å². The highest BCUT2D eigenvalue weighted by atomic mass is 127. The molecule has 0 aliphatic heterocycles. The highest BCUT2D eigenvalue weighted by molar-refractivity contribution is 14.1. The van der Waals surface area contributed by atoms with E-state index >= 15 is 0 Å². The molecule has 0 aromatic carbocycles. The van der Waals surface area contributed by atoms with Crippen LogP contribution in [0, 0.1) is 5.92 Å². The maximum absolute atomic E-state index is 12.0. The molecule has 0 N–H and O–H groups in total. The fraction of sp³-hybridized carbons (Fsp3) is 0.741. The zero-order chi connectivity index (χ0) is 24.2. The van der Waals surface area contributed by atoms with Crippen LogP contribution >= 0.6 is 22.6 Å². The van der Waals surface area contributed by atoms with Crippen molar-refractivity contribution in [1.82, 2.24) is 0 Å². The van der Waals surface area contributed by atoms with E-state index in [0.29, 0.717) is 4.43 Å². The minimum Gasteiger partial charge on any atom is -0.461 e. The van der Waals surface area contributed by atoms with Crippen LogP contribution < -0.4 is 0 Å². The molecule has 0 spiro atoms. The van der Waals surface area contributed by atoms with Gasteiger partial charge in [-0.25, -0.2) is 0 Å². The molecule has 32 heavy (non-hydrogen) atoms. The summed E-state index contributed by atoms with van der Waals surface area (Å²) in [4.78, 5) is 12.0. The molecule has 3 atom stereocenters. The van der Waals surface area contributed by atoms with E-state index in [1.807, 2.05) is 0 Å².